The first kappa shape index (κ1) is 32.4. The molecular formula is C33H57F. The minimum absolute atomic E-state index is 0. The van der Waals surface area contributed by atoms with Crippen LogP contribution in [-0.2, 0) is 0 Å². The van der Waals surface area contributed by atoms with Gasteiger partial charge in [-0.05, 0) is 68.6 Å². The molecule has 1 heteroatoms. The zero-order valence-electron chi connectivity index (χ0n) is 22.9. The summed E-state index contributed by atoms with van der Waals surface area (Å²) in [5.74, 6) is 3.96. The predicted octanol–water partition coefficient (Wildman–Crippen LogP) is 11.3. The maximum Gasteiger partial charge on any atom is 0.126 e. The topological polar surface area (TPSA) is 0 Å². The van der Waals surface area contributed by atoms with Gasteiger partial charge in [-0.15, -0.1) is 0 Å². The molecule has 4 rings (SSSR count). The van der Waals surface area contributed by atoms with E-state index in [1.165, 1.54) is 68.6 Å². The third kappa shape index (κ3) is 15.3. The zero-order chi connectivity index (χ0) is 24.8. The van der Waals surface area contributed by atoms with Gasteiger partial charge < -0.3 is 0 Å². The lowest BCUT2D eigenvalue weighted by Gasteiger charge is -2.22. The zero-order valence-corrected chi connectivity index (χ0v) is 22.9. The Morgan fingerprint density at radius 1 is 0.529 bits per heavy atom. The van der Waals surface area contributed by atoms with E-state index in [1.54, 1.807) is 13.0 Å². The smallest absolute Gasteiger partial charge is 0.126 e. The van der Waals surface area contributed by atoms with Crippen molar-refractivity contribution < 1.29 is 5.82 Å². The molecule has 34 heavy (non-hydrogen) atoms. The molecule has 0 saturated heterocycles. The highest BCUT2D eigenvalue weighted by Crippen LogP contribution is 2.27. The lowest BCUT2D eigenvalue weighted by Crippen LogP contribution is -2.08. The first-order valence-corrected chi connectivity index (χ1v) is 13.3. The molecule has 0 radical (unpaired) electrons. The molecule has 2 aromatic carbocycles. The number of rotatable bonds is 0. The SMILES string of the molecule is C.CC1CCC(C)CC1.CC1CCC(C)CC1.Cc1ccc(C)c(F)c1.Cc1ccc(C)cc1.[HH]. The van der Waals surface area contributed by atoms with Gasteiger partial charge in [0, 0.05) is 1.43 Å². The van der Waals surface area contributed by atoms with E-state index in [0.717, 1.165) is 29.2 Å². The number of aryl methyl sites for hydroxylation is 4. The van der Waals surface area contributed by atoms with Crippen LogP contribution in [0.5, 0.6) is 0 Å². The highest BCUT2D eigenvalue weighted by Gasteiger charge is 2.13. The second-order valence-corrected chi connectivity index (χ2v) is 11.1. The van der Waals surface area contributed by atoms with Gasteiger partial charge in [-0.1, -0.05) is 134 Å². The Morgan fingerprint density at radius 3 is 1.03 bits per heavy atom. The van der Waals surface area contributed by atoms with Gasteiger partial charge in [0.25, 0.3) is 0 Å². The summed E-state index contributed by atoms with van der Waals surface area (Å²) >= 11 is 0. The summed E-state index contributed by atoms with van der Waals surface area (Å²) in [6, 6.07) is 13.7. The van der Waals surface area contributed by atoms with Crippen molar-refractivity contribution in [3.63, 3.8) is 0 Å². The minimum Gasteiger partial charge on any atom is -0.207 e. The lowest BCUT2D eigenvalue weighted by atomic mass is 9.84. The van der Waals surface area contributed by atoms with E-state index in [9.17, 15) is 4.39 Å². The first-order chi connectivity index (χ1) is 15.6. The Morgan fingerprint density at radius 2 is 0.794 bits per heavy atom. The van der Waals surface area contributed by atoms with Crippen LogP contribution in [0.15, 0.2) is 42.5 Å². The van der Waals surface area contributed by atoms with Gasteiger partial charge in [0.05, 0.1) is 0 Å². The predicted molar refractivity (Wildman–Crippen MR) is 154 cm³/mol. The van der Waals surface area contributed by atoms with Gasteiger partial charge >= 0.3 is 0 Å². The Labute approximate surface area is 214 Å². The van der Waals surface area contributed by atoms with Crippen LogP contribution in [0.25, 0.3) is 0 Å². The van der Waals surface area contributed by atoms with Gasteiger partial charge in [0.15, 0.2) is 0 Å². The summed E-state index contributed by atoms with van der Waals surface area (Å²) in [7, 11) is 0. The molecule has 2 fully saturated rings. The van der Waals surface area contributed by atoms with E-state index in [2.05, 4.69) is 65.8 Å². The van der Waals surface area contributed by atoms with Crippen LogP contribution >= 0.6 is 0 Å². The van der Waals surface area contributed by atoms with Gasteiger partial charge in [-0.25, -0.2) is 4.39 Å². The molecule has 0 spiro atoms. The van der Waals surface area contributed by atoms with Crippen LogP contribution in [0.4, 0.5) is 4.39 Å². The second kappa shape index (κ2) is 17.8. The third-order valence-electron chi connectivity index (χ3n) is 7.15. The van der Waals surface area contributed by atoms with E-state index >= 15 is 0 Å². The van der Waals surface area contributed by atoms with Crippen molar-refractivity contribution >= 4 is 0 Å². The van der Waals surface area contributed by atoms with E-state index in [0.29, 0.717) is 5.56 Å². The fourth-order valence-electron chi connectivity index (χ4n) is 4.19. The monoisotopic (exact) mass is 472 g/mol. The molecule has 2 saturated carbocycles. The van der Waals surface area contributed by atoms with Crippen molar-refractivity contribution in [2.75, 3.05) is 0 Å². The summed E-state index contributed by atoms with van der Waals surface area (Å²) in [4.78, 5) is 0. The van der Waals surface area contributed by atoms with Crippen LogP contribution in [0.3, 0.4) is 0 Å². The quantitative estimate of drug-likeness (QED) is 0.357. The fourth-order valence-corrected chi connectivity index (χ4v) is 4.19. The van der Waals surface area contributed by atoms with E-state index in [-0.39, 0.29) is 14.7 Å². The van der Waals surface area contributed by atoms with Gasteiger partial charge in [0.1, 0.15) is 5.82 Å². The summed E-state index contributed by atoms with van der Waals surface area (Å²) in [5.41, 5.74) is 4.34. The second-order valence-electron chi connectivity index (χ2n) is 11.1. The largest absolute Gasteiger partial charge is 0.207 e. The molecule has 0 atom stereocenters. The van der Waals surface area contributed by atoms with Crippen molar-refractivity contribution in [2.24, 2.45) is 23.7 Å². The van der Waals surface area contributed by atoms with Crippen LogP contribution < -0.4 is 0 Å². The lowest BCUT2D eigenvalue weighted by molar-refractivity contribution is 0.308. The summed E-state index contributed by atoms with van der Waals surface area (Å²) < 4.78 is 12.6. The van der Waals surface area contributed by atoms with Crippen molar-refractivity contribution in [2.45, 2.75) is 114 Å². The molecule has 0 N–H and O–H groups in total. The molecule has 2 aliphatic rings. The molecule has 0 bridgehead atoms. The van der Waals surface area contributed by atoms with E-state index < -0.39 is 0 Å². The Hall–Kier alpha value is -1.63. The van der Waals surface area contributed by atoms with E-state index in [4.69, 9.17) is 0 Å². The summed E-state index contributed by atoms with van der Waals surface area (Å²) in [6.07, 6.45) is 11.8. The van der Waals surface area contributed by atoms with Crippen molar-refractivity contribution in [3.8, 4) is 0 Å². The standard InChI is InChI=1S/C8H9F.2C8H16.C8H10.CH4.H2/c1-6-3-4-7(2)8(9)5-6;3*1-7-3-5-8(2)6-4-7;;/h3-5H,1-2H3;2*7-8H,3-6H2,1-2H3;3-6H,1-2H3;1H4;1H. The Kier molecular flexibility index (Phi) is 16.9. The highest BCUT2D eigenvalue weighted by molar-refractivity contribution is 5.21. The molecule has 0 aliphatic heterocycles. The number of hydrogen-bond donors (Lipinski definition) is 0. The van der Waals surface area contributed by atoms with Crippen molar-refractivity contribution in [1.29, 1.82) is 0 Å². The van der Waals surface area contributed by atoms with Crippen LogP contribution in [0.2, 0.25) is 0 Å². The Bertz CT molecular complexity index is 690. The normalized spacial score (nSPS) is 23.4. The average Bonchev–Trinajstić information content (AvgIpc) is 2.79. The van der Waals surface area contributed by atoms with Crippen molar-refractivity contribution in [3.05, 3.63) is 70.5 Å². The number of benzene rings is 2. The van der Waals surface area contributed by atoms with Crippen LogP contribution in [-0.4, -0.2) is 0 Å². The van der Waals surface area contributed by atoms with E-state index in [1.807, 2.05) is 13.0 Å². The van der Waals surface area contributed by atoms with Gasteiger partial charge in [0.2, 0.25) is 0 Å². The fraction of sp³-hybridized carbons (Fsp3) is 0.636. The van der Waals surface area contributed by atoms with Crippen molar-refractivity contribution in [1.82, 2.24) is 0 Å². The molecule has 196 valence electrons. The maximum absolute atomic E-state index is 12.6. The Balaban J connectivity index is 0. The first-order valence-electron chi connectivity index (χ1n) is 13.3. The summed E-state index contributed by atoms with van der Waals surface area (Å²) in [5, 5.41) is 0. The van der Waals surface area contributed by atoms with Gasteiger partial charge in [-0.2, -0.15) is 0 Å². The molecule has 2 aromatic rings. The summed E-state index contributed by atoms with van der Waals surface area (Å²) in [6.45, 7) is 17.3. The molecular weight excluding hydrogens is 415 g/mol. The van der Waals surface area contributed by atoms with Crippen LogP contribution in [0, 0.1) is 57.2 Å². The number of hydrogen-bond acceptors (Lipinski definition) is 0. The molecule has 2 aliphatic carbocycles. The maximum atomic E-state index is 12.6. The number of halogens is 1. The molecule has 0 amide bonds. The highest BCUT2D eigenvalue weighted by atomic mass is 19.1. The molecule has 0 aromatic heterocycles. The average molecular weight is 473 g/mol. The molecule has 0 nitrogen and oxygen atoms in total. The van der Waals surface area contributed by atoms with Crippen LogP contribution in [0.1, 0.15) is 110 Å². The molecule has 0 unspecified atom stereocenters. The molecule has 0 heterocycles. The third-order valence-corrected chi connectivity index (χ3v) is 7.15. The van der Waals surface area contributed by atoms with Gasteiger partial charge in [-0.3, -0.25) is 0 Å². The minimum atomic E-state index is -0.116.